The Morgan fingerprint density at radius 3 is 2.50 bits per heavy atom. The molecule has 0 aliphatic carbocycles. The second-order valence-electron chi connectivity index (χ2n) is 3.99. The lowest BCUT2D eigenvalue weighted by molar-refractivity contribution is -0.146. The van der Waals surface area contributed by atoms with E-state index in [1.165, 1.54) is 12.0 Å². The van der Waals surface area contributed by atoms with Gasteiger partial charge in [-0.3, -0.25) is 4.90 Å². The van der Waals surface area contributed by atoms with Crippen LogP contribution in [0.1, 0.15) is 12.5 Å². The van der Waals surface area contributed by atoms with Crippen LogP contribution in [0.15, 0.2) is 18.2 Å². The van der Waals surface area contributed by atoms with Crippen LogP contribution in [-0.4, -0.2) is 31.3 Å². The van der Waals surface area contributed by atoms with Gasteiger partial charge in [0.25, 0.3) is 0 Å². The Bertz CT molecular complexity index is 393. The lowest BCUT2D eigenvalue weighted by Gasteiger charge is -2.23. The SMILES string of the molecule is CCN(Cc1cc(N)ccc1OC)CC(F)(F)F. The van der Waals surface area contributed by atoms with Crippen LogP contribution in [0.2, 0.25) is 0 Å². The predicted molar refractivity (Wildman–Crippen MR) is 64.4 cm³/mol. The highest BCUT2D eigenvalue weighted by molar-refractivity contribution is 5.47. The molecule has 0 aromatic heterocycles. The Morgan fingerprint density at radius 2 is 2.00 bits per heavy atom. The number of halogens is 3. The van der Waals surface area contributed by atoms with Crippen molar-refractivity contribution in [2.45, 2.75) is 19.6 Å². The molecular formula is C12H17F3N2O. The maximum absolute atomic E-state index is 12.4. The third-order valence-corrected chi connectivity index (χ3v) is 2.55. The van der Waals surface area contributed by atoms with Crippen LogP contribution in [0.4, 0.5) is 18.9 Å². The summed E-state index contributed by atoms with van der Waals surface area (Å²) in [7, 11) is 1.48. The third-order valence-electron chi connectivity index (χ3n) is 2.55. The van der Waals surface area contributed by atoms with Gasteiger partial charge in [0.1, 0.15) is 5.75 Å². The average molecular weight is 262 g/mol. The zero-order valence-corrected chi connectivity index (χ0v) is 10.4. The van der Waals surface area contributed by atoms with Gasteiger partial charge in [0, 0.05) is 17.8 Å². The molecule has 0 saturated carbocycles. The molecule has 18 heavy (non-hydrogen) atoms. The van der Waals surface area contributed by atoms with E-state index in [2.05, 4.69) is 0 Å². The van der Waals surface area contributed by atoms with Gasteiger partial charge in [-0.25, -0.2) is 0 Å². The van der Waals surface area contributed by atoms with Gasteiger partial charge in [0.2, 0.25) is 0 Å². The van der Waals surface area contributed by atoms with E-state index in [1.54, 1.807) is 25.1 Å². The first-order chi connectivity index (χ1) is 8.35. The number of benzene rings is 1. The average Bonchev–Trinajstić information content (AvgIpc) is 2.26. The monoisotopic (exact) mass is 262 g/mol. The molecule has 6 heteroatoms. The summed E-state index contributed by atoms with van der Waals surface area (Å²) in [5, 5.41) is 0. The van der Waals surface area contributed by atoms with Crippen LogP contribution < -0.4 is 10.5 Å². The van der Waals surface area contributed by atoms with E-state index >= 15 is 0 Å². The highest BCUT2D eigenvalue weighted by atomic mass is 19.4. The Hall–Kier alpha value is -1.43. The Morgan fingerprint density at radius 1 is 1.33 bits per heavy atom. The van der Waals surface area contributed by atoms with E-state index in [-0.39, 0.29) is 6.54 Å². The summed E-state index contributed by atoms with van der Waals surface area (Å²) in [5.74, 6) is 0.546. The molecule has 0 radical (unpaired) electrons. The van der Waals surface area contributed by atoms with Gasteiger partial charge in [0.15, 0.2) is 0 Å². The van der Waals surface area contributed by atoms with E-state index in [4.69, 9.17) is 10.5 Å². The number of ether oxygens (including phenoxy) is 1. The summed E-state index contributed by atoms with van der Waals surface area (Å²) in [6, 6.07) is 4.95. The normalized spacial score (nSPS) is 11.9. The largest absolute Gasteiger partial charge is 0.496 e. The molecule has 0 bridgehead atoms. The van der Waals surface area contributed by atoms with E-state index in [0.29, 0.717) is 23.5 Å². The van der Waals surface area contributed by atoms with E-state index < -0.39 is 12.7 Å². The fraction of sp³-hybridized carbons (Fsp3) is 0.500. The summed E-state index contributed by atoms with van der Waals surface area (Å²) in [4.78, 5) is 1.29. The third kappa shape index (κ3) is 4.44. The van der Waals surface area contributed by atoms with Crippen molar-refractivity contribution in [2.75, 3.05) is 25.9 Å². The molecule has 0 atom stereocenters. The maximum atomic E-state index is 12.4. The van der Waals surface area contributed by atoms with Gasteiger partial charge < -0.3 is 10.5 Å². The standard InChI is InChI=1S/C12H17F3N2O/c1-3-17(8-12(13,14)15)7-9-6-10(16)4-5-11(9)18-2/h4-6H,3,7-8,16H2,1-2H3. The van der Waals surface area contributed by atoms with Crippen molar-refractivity contribution in [3.05, 3.63) is 23.8 Å². The molecule has 0 heterocycles. The highest BCUT2D eigenvalue weighted by Crippen LogP contribution is 2.24. The second kappa shape index (κ2) is 5.95. The first-order valence-corrected chi connectivity index (χ1v) is 5.57. The first-order valence-electron chi connectivity index (χ1n) is 5.57. The minimum Gasteiger partial charge on any atom is -0.496 e. The van der Waals surface area contributed by atoms with Crippen LogP contribution in [0.3, 0.4) is 0 Å². The van der Waals surface area contributed by atoms with E-state index in [1.807, 2.05) is 0 Å². The Labute approximate surface area is 104 Å². The molecule has 0 saturated heterocycles. The second-order valence-corrected chi connectivity index (χ2v) is 3.99. The van der Waals surface area contributed by atoms with Crippen molar-refractivity contribution in [1.82, 2.24) is 4.90 Å². The molecular weight excluding hydrogens is 245 g/mol. The van der Waals surface area contributed by atoms with Gasteiger partial charge in [-0.05, 0) is 24.7 Å². The van der Waals surface area contributed by atoms with E-state index in [0.717, 1.165) is 0 Å². The molecule has 1 aromatic rings. The lowest BCUT2D eigenvalue weighted by Crippen LogP contribution is -2.33. The summed E-state index contributed by atoms with van der Waals surface area (Å²) in [6.45, 7) is 1.20. The number of hydrogen-bond donors (Lipinski definition) is 1. The van der Waals surface area contributed by atoms with Crippen molar-refractivity contribution in [1.29, 1.82) is 0 Å². The van der Waals surface area contributed by atoms with Crippen molar-refractivity contribution >= 4 is 5.69 Å². The Kier molecular flexibility index (Phi) is 4.84. The smallest absolute Gasteiger partial charge is 0.401 e. The summed E-state index contributed by atoms with van der Waals surface area (Å²) >= 11 is 0. The predicted octanol–water partition coefficient (Wildman–Crippen LogP) is 2.66. The number of rotatable bonds is 5. The molecule has 0 aliphatic heterocycles. The van der Waals surface area contributed by atoms with Crippen LogP contribution >= 0.6 is 0 Å². The van der Waals surface area contributed by atoms with Crippen molar-refractivity contribution in [3.63, 3.8) is 0 Å². The molecule has 0 amide bonds. The molecule has 1 rings (SSSR count). The molecule has 102 valence electrons. The fourth-order valence-electron chi connectivity index (χ4n) is 1.70. The number of nitrogens with two attached hydrogens (primary N) is 1. The van der Waals surface area contributed by atoms with Gasteiger partial charge in [0.05, 0.1) is 13.7 Å². The number of anilines is 1. The minimum absolute atomic E-state index is 0.157. The molecule has 0 unspecified atom stereocenters. The van der Waals surface area contributed by atoms with Gasteiger partial charge >= 0.3 is 6.18 Å². The lowest BCUT2D eigenvalue weighted by atomic mass is 10.1. The summed E-state index contributed by atoms with van der Waals surface area (Å²) in [6.07, 6.45) is -4.20. The molecule has 2 N–H and O–H groups in total. The van der Waals surface area contributed by atoms with Gasteiger partial charge in [-0.2, -0.15) is 13.2 Å². The highest BCUT2D eigenvalue weighted by Gasteiger charge is 2.30. The van der Waals surface area contributed by atoms with Crippen LogP contribution in [0.5, 0.6) is 5.75 Å². The fourth-order valence-corrected chi connectivity index (χ4v) is 1.70. The summed E-state index contributed by atoms with van der Waals surface area (Å²) < 4.78 is 42.2. The van der Waals surface area contributed by atoms with Crippen molar-refractivity contribution in [2.24, 2.45) is 0 Å². The topological polar surface area (TPSA) is 38.5 Å². The number of nitrogen functional groups attached to an aromatic ring is 1. The number of methoxy groups -OCH3 is 1. The quantitative estimate of drug-likeness (QED) is 0.829. The first kappa shape index (κ1) is 14.6. The number of nitrogens with zero attached hydrogens (tertiary/aromatic N) is 1. The molecule has 0 aliphatic rings. The maximum Gasteiger partial charge on any atom is 0.401 e. The zero-order chi connectivity index (χ0) is 13.8. The van der Waals surface area contributed by atoms with E-state index in [9.17, 15) is 13.2 Å². The number of hydrogen-bond acceptors (Lipinski definition) is 3. The van der Waals surface area contributed by atoms with Crippen molar-refractivity contribution < 1.29 is 17.9 Å². The zero-order valence-electron chi connectivity index (χ0n) is 10.4. The Balaban J connectivity index is 2.84. The van der Waals surface area contributed by atoms with Crippen LogP contribution in [0.25, 0.3) is 0 Å². The molecule has 3 nitrogen and oxygen atoms in total. The minimum atomic E-state index is -4.20. The summed E-state index contributed by atoms with van der Waals surface area (Å²) in [5.41, 5.74) is 6.79. The number of alkyl halides is 3. The van der Waals surface area contributed by atoms with Crippen LogP contribution in [0, 0.1) is 0 Å². The molecule has 1 aromatic carbocycles. The van der Waals surface area contributed by atoms with Gasteiger partial charge in [-0.15, -0.1) is 0 Å². The van der Waals surface area contributed by atoms with Crippen LogP contribution in [-0.2, 0) is 6.54 Å². The van der Waals surface area contributed by atoms with Gasteiger partial charge in [-0.1, -0.05) is 6.92 Å². The van der Waals surface area contributed by atoms with Crippen molar-refractivity contribution in [3.8, 4) is 5.75 Å². The molecule has 0 spiro atoms. The molecule has 0 fully saturated rings.